The first-order valence-corrected chi connectivity index (χ1v) is 5.17. The van der Waals surface area contributed by atoms with E-state index in [1.54, 1.807) is 0 Å². The highest BCUT2D eigenvalue weighted by Gasteiger charge is 2.09. The normalized spacial score (nSPS) is 9.89. The van der Waals surface area contributed by atoms with Gasteiger partial charge < -0.3 is 10.3 Å². The number of carbonyl (C=O) groups is 1. The third-order valence-corrected chi connectivity index (χ3v) is 2.24. The Balaban J connectivity index is 2.12. The SMILES string of the molecule is O=C(Nc1ccc([N+](=O)[O-])cc1)c1c[nH]c(=O)cn1. The number of benzene rings is 1. The maximum atomic E-state index is 11.7. The van der Waals surface area contributed by atoms with Crippen LogP contribution in [-0.4, -0.2) is 20.8 Å². The topological polar surface area (TPSA) is 118 Å². The molecule has 0 spiro atoms. The van der Waals surface area contributed by atoms with Gasteiger partial charge in [0.2, 0.25) is 0 Å². The monoisotopic (exact) mass is 260 g/mol. The molecule has 1 aromatic heterocycles. The van der Waals surface area contributed by atoms with E-state index in [1.165, 1.54) is 30.5 Å². The molecule has 8 heteroatoms. The predicted molar refractivity (Wildman–Crippen MR) is 65.9 cm³/mol. The molecule has 0 bridgehead atoms. The second kappa shape index (κ2) is 5.08. The number of aromatic amines is 1. The zero-order chi connectivity index (χ0) is 13.8. The molecule has 8 nitrogen and oxygen atoms in total. The van der Waals surface area contributed by atoms with E-state index in [4.69, 9.17) is 0 Å². The van der Waals surface area contributed by atoms with Crippen LogP contribution in [-0.2, 0) is 0 Å². The van der Waals surface area contributed by atoms with Gasteiger partial charge in [-0.25, -0.2) is 4.98 Å². The molecule has 1 heterocycles. The fraction of sp³-hybridized carbons (Fsp3) is 0. The number of amides is 1. The molecule has 96 valence electrons. The summed E-state index contributed by atoms with van der Waals surface area (Å²) in [6, 6.07) is 5.36. The van der Waals surface area contributed by atoms with E-state index in [-0.39, 0.29) is 11.4 Å². The number of hydrogen-bond acceptors (Lipinski definition) is 5. The van der Waals surface area contributed by atoms with Gasteiger partial charge in [0, 0.05) is 24.0 Å². The van der Waals surface area contributed by atoms with Gasteiger partial charge in [-0.3, -0.25) is 19.7 Å². The first kappa shape index (κ1) is 12.4. The van der Waals surface area contributed by atoms with Gasteiger partial charge >= 0.3 is 0 Å². The van der Waals surface area contributed by atoms with Gasteiger partial charge in [0.05, 0.1) is 11.1 Å². The van der Waals surface area contributed by atoms with Gasteiger partial charge in [0.15, 0.2) is 0 Å². The molecule has 0 aliphatic rings. The van der Waals surface area contributed by atoms with E-state index >= 15 is 0 Å². The molecule has 0 saturated heterocycles. The Labute approximate surface area is 106 Å². The van der Waals surface area contributed by atoms with Crippen molar-refractivity contribution in [3.63, 3.8) is 0 Å². The lowest BCUT2D eigenvalue weighted by Crippen LogP contribution is -2.16. The highest BCUT2D eigenvalue weighted by Crippen LogP contribution is 2.15. The third kappa shape index (κ3) is 3.00. The van der Waals surface area contributed by atoms with Crippen LogP contribution in [0.3, 0.4) is 0 Å². The largest absolute Gasteiger partial charge is 0.325 e. The first-order valence-electron chi connectivity index (χ1n) is 5.17. The van der Waals surface area contributed by atoms with E-state index in [9.17, 15) is 19.7 Å². The van der Waals surface area contributed by atoms with E-state index in [0.717, 1.165) is 6.20 Å². The van der Waals surface area contributed by atoms with Crippen LogP contribution in [0.5, 0.6) is 0 Å². The number of nitro benzene ring substituents is 1. The van der Waals surface area contributed by atoms with Crippen LogP contribution in [0.15, 0.2) is 41.5 Å². The van der Waals surface area contributed by atoms with Crippen molar-refractivity contribution in [1.29, 1.82) is 0 Å². The van der Waals surface area contributed by atoms with Crippen molar-refractivity contribution in [2.24, 2.45) is 0 Å². The first-order chi connectivity index (χ1) is 9.06. The van der Waals surface area contributed by atoms with Crippen molar-refractivity contribution < 1.29 is 9.72 Å². The molecule has 2 rings (SSSR count). The summed E-state index contributed by atoms with van der Waals surface area (Å²) in [5, 5.41) is 13.0. The summed E-state index contributed by atoms with van der Waals surface area (Å²) in [6.07, 6.45) is 2.17. The Morgan fingerprint density at radius 3 is 2.53 bits per heavy atom. The number of nitro groups is 1. The number of rotatable bonds is 3. The van der Waals surface area contributed by atoms with Crippen LogP contribution in [0, 0.1) is 10.1 Å². The van der Waals surface area contributed by atoms with Gasteiger partial charge in [-0.15, -0.1) is 0 Å². The average Bonchev–Trinajstić information content (AvgIpc) is 2.40. The zero-order valence-corrected chi connectivity index (χ0v) is 9.49. The van der Waals surface area contributed by atoms with E-state index in [1.807, 2.05) is 0 Å². The molecular weight excluding hydrogens is 252 g/mol. The van der Waals surface area contributed by atoms with Crippen LogP contribution < -0.4 is 10.9 Å². The van der Waals surface area contributed by atoms with Crippen LogP contribution >= 0.6 is 0 Å². The fourth-order valence-corrected chi connectivity index (χ4v) is 1.33. The Bertz CT molecular complexity index is 657. The third-order valence-electron chi connectivity index (χ3n) is 2.24. The Morgan fingerprint density at radius 2 is 2.00 bits per heavy atom. The molecule has 0 radical (unpaired) electrons. The highest BCUT2D eigenvalue weighted by atomic mass is 16.6. The Hall–Kier alpha value is -3.03. The lowest BCUT2D eigenvalue weighted by atomic mass is 10.3. The maximum Gasteiger partial charge on any atom is 0.275 e. The zero-order valence-electron chi connectivity index (χ0n) is 9.49. The fourth-order valence-electron chi connectivity index (χ4n) is 1.33. The van der Waals surface area contributed by atoms with E-state index in [2.05, 4.69) is 15.3 Å². The molecular formula is C11H8N4O4. The molecule has 0 unspecified atom stereocenters. The summed E-state index contributed by atoms with van der Waals surface area (Å²) in [7, 11) is 0. The van der Waals surface area contributed by atoms with Crippen LogP contribution in [0.2, 0.25) is 0 Å². The summed E-state index contributed by atoms with van der Waals surface area (Å²) >= 11 is 0. The van der Waals surface area contributed by atoms with Crippen molar-refractivity contribution in [3.05, 3.63) is 62.8 Å². The number of non-ortho nitro benzene ring substituents is 1. The number of aromatic nitrogens is 2. The second-order valence-electron chi connectivity index (χ2n) is 3.55. The van der Waals surface area contributed by atoms with Crippen molar-refractivity contribution in [1.82, 2.24) is 9.97 Å². The van der Waals surface area contributed by atoms with E-state index < -0.39 is 16.4 Å². The van der Waals surface area contributed by atoms with Gasteiger partial charge in [-0.2, -0.15) is 0 Å². The van der Waals surface area contributed by atoms with Crippen LogP contribution in [0.25, 0.3) is 0 Å². The van der Waals surface area contributed by atoms with Crippen molar-refractivity contribution >= 4 is 17.3 Å². The molecule has 0 saturated carbocycles. The molecule has 1 aromatic carbocycles. The number of anilines is 1. The van der Waals surface area contributed by atoms with E-state index in [0.29, 0.717) is 5.69 Å². The highest BCUT2D eigenvalue weighted by molar-refractivity contribution is 6.02. The smallest absolute Gasteiger partial charge is 0.275 e. The molecule has 0 fully saturated rings. The lowest BCUT2D eigenvalue weighted by Gasteiger charge is -2.03. The minimum Gasteiger partial charge on any atom is -0.325 e. The number of carbonyl (C=O) groups excluding carboxylic acids is 1. The lowest BCUT2D eigenvalue weighted by molar-refractivity contribution is -0.384. The minimum absolute atomic E-state index is 0.0398. The summed E-state index contributed by atoms with van der Waals surface area (Å²) in [6.45, 7) is 0. The number of hydrogen-bond donors (Lipinski definition) is 2. The number of nitrogens with zero attached hydrogens (tertiary/aromatic N) is 2. The standard InChI is InChI=1S/C11H8N4O4/c16-10-6-12-9(5-13-10)11(17)14-7-1-3-8(4-2-7)15(18)19/h1-6H,(H,13,16)(H,14,17). The second-order valence-corrected chi connectivity index (χ2v) is 3.55. The van der Waals surface area contributed by atoms with Crippen LogP contribution in [0.4, 0.5) is 11.4 Å². The summed E-state index contributed by atoms with van der Waals surface area (Å²) in [5.74, 6) is -0.523. The summed E-state index contributed by atoms with van der Waals surface area (Å²) in [4.78, 5) is 38.4. The van der Waals surface area contributed by atoms with Gasteiger partial charge in [0.1, 0.15) is 5.69 Å². The molecule has 0 aliphatic carbocycles. The van der Waals surface area contributed by atoms with Crippen molar-refractivity contribution in [3.8, 4) is 0 Å². The number of H-pyrrole nitrogens is 1. The summed E-state index contributed by atoms with van der Waals surface area (Å²) < 4.78 is 0. The summed E-state index contributed by atoms with van der Waals surface area (Å²) in [5.41, 5.74) is -0.0476. The van der Waals surface area contributed by atoms with Crippen molar-refractivity contribution in [2.75, 3.05) is 5.32 Å². The molecule has 0 aliphatic heterocycles. The van der Waals surface area contributed by atoms with Crippen LogP contribution in [0.1, 0.15) is 10.5 Å². The minimum atomic E-state index is -0.533. The van der Waals surface area contributed by atoms with Gasteiger partial charge in [0.25, 0.3) is 17.2 Å². The number of nitrogens with one attached hydrogen (secondary N) is 2. The quantitative estimate of drug-likeness (QED) is 0.628. The predicted octanol–water partition coefficient (Wildman–Crippen LogP) is 0.930. The molecule has 2 N–H and O–H groups in total. The molecule has 1 amide bonds. The Kier molecular flexibility index (Phi) is 3.33. The maximum absolute atomic E-state index is 11.7. The molecule has 0 atom stereocenters. The van der Waals surface area contributed by atoms with Gasteiger partial charge in [-0.1, -0.05) is 0 Å². The average molecular weight is 260 g/mol. The van der Waals surface area contributed by atoms with Crippen molar-refractivity contribution in [2.45, 2.75) is 0 Å². The Morgan fingerprint density at radius 1 is 1.32 bits per heavy atom. The molecule has 2 aromatic rings. The van der Waals surface area contributed by atoms with Gasteiger partial charge in [-0.05, 0) is 12.1 Å². The molecule has 19 heavy (non-hydrogen) atoms.